The van der Waals surface area contributed by atoms with Gasteiger partial charge in [-0.2, -0.15) is 0 Å². The number of carbonyl (C=O) groups excluding carboxylic acids is 1. The number of hydrogen-bond acceptors (Lipinski definition) is 3. The molecule has 2 rings (SSSR count). The summed E-state index contributed by atoms with van der Waals surface area (Å²) in [5, 5.41) is 6.06. The second-order valence-electron chi connectivity index (χ2n) is 5.40. The molecule has 0 heterocycles. The Morgan fingerprint density at radius 2 is 1.92 bits per heavy atom. The van der Waals surface area contributed by atoms with Crippen molar-refractivity contribution in [3.63, 3.8) is 0 Å². The Balaban J connectivity index is 1.71. The van der Waals surface area contributed by atoms with Gasteiger partial charge in [-0.15, -0.1) is 0 Å². The molecule has 2 N–H and O–H groups in total. The summed E-state index contributed by atoms with van der Waals surface area (Å²) >= 11 is 11.7. The fourth-order valence-electron chi connectivity index (χ4n) is 2.16. The summed E-state index contributed by atoms with van der Waals surface area (Å²) < 4.78 is 19.0. The molecular weight excluding hydrogens is 366 g/mol. The zero-order valence-corrected chi connectivity index (χ0v) is 15.2. The minimum absolute atomic E-state index is 0.0305. The van der Waals surface area contributed by atoms with E-state index in [1.165, 1.54) is 12.1 Å². The SMILES string of the molecule is C[C@H](NCC(=O)NCCOc1ccccc1)c1cc(F)c(Cl)cc1Cl. The number of benzene rings is 2. The Bertz CT molecular complexity index is 714. The molecule has 0 aromatic heterocycles. The van der Waals surface area contributed by atoms with Gasteiger partial charge in [-0.3, -0.25) is 4.79 Å². The summed E-state index contributed by atoms with van der Waals surface area (Å²) in [6.45, 7) is 2.63. The molecule has 0 aliphatic rings. The van der Waals surface area contributed by atoms with Crippen molar-refractivity contribution in [1.29, 1.82) is 0 Å². The van der Waals surface area contributed by atoms with E-state index >= 15 is 0 Å². The monoisotopic (exact) mass is 384 g/mol. The number of amides is 1. The van der Waals surface area contributed by atoms with E-state index in [0.717, 1.165) is 5.75 Å². The maximum absolute atomic E-state index is 13.6. The van der Waals surface area contributed by atoms with Crippen molar-refractivity contribution in [2.75, 3.05) is 19.7 Å². The maximum Gasteiger partial charge on any atom is 0.234 e. The topological polar surface area (TPSA) is 50.4 Å². The van der Waals surface area contributed by atoms with Gasteiger partial charge in [-0.1, -0.05) is 41.4 Å². The molecule has 1 atom stereocenters. The Kier molecular flexibility index (Phi) is 7.50. The molecule has 0 fully saturated rings. The Morgan fingerprint density at radius 1 is 1.20 bits per heavy atom. The van der Waals surface area contributed by atoms with Crippen LogP contribution in [-0.4, -0.2) is 25.6 Å². The van der Waals surface area contributed by atoms with E-state index in [9.17, 15) is 9.18 Å². The molecule has 1 amide bonds. The molecule has 0 bridgehead atoms. The predicted octanol–water partition coefficient (Wildman–Crippen LogP) is 3.98. The third-order valence-corrected chi connectivity index (χ3v) is 4.13. The third kappa shape index (κ3) is 6.20. The van der Waals surface area contributed by atoms with Crippen molar-refractivity contribution in [2.24, 2.45) is 0 Å². The molecule has 0 saturated heterocycles. The zero-order chi connectivity index (χ0) is 18.2. The van der Waals surface area contributed by atoms with Gasteiger partial charge in [-0.05, 0) is 36.8 Å². The predicted molar refractivity (Wildman–Crippen MR) is 97.8 cm³/mol. The van der Waals surface area contributed by atoms with Crippen LogP contribution in [0.3, 0.4) is 0 Å². The minimum Gasteiger partial charge on any atom is -0.492 e. The van der Waals surface area contributed by atoms with Crippen molar-refractivity contribution in [3.8, 4) is 5.75 Å². The molecule has 0 spiro atoms. The first kappa shape index (κ1) is 19.5. The first-order valence-electron chi connectivity index (χ1n) is 7.79. The normalized spacial score (nSPS) is 11.8. The number of nitrogens with one attached hydrogen (secondary N) is 2. The van der Waals surface area contributed by atoms with Crippen LogP contribution in [0.2, 0.25) is 10.0 Å². The smallest absolute Gasteiger partial charge is 0.234 e. The number of para-hydroxylation sites is 1. The Labute approximate surface area is 156 Å². The van der Waals surface area contributed by atoms with Crippen LogP contribution < -0.4 is 15.4 Å². The zero-order valence-electron chi connectivity index (χ0n) is 13.7. The molecule has 0 unspecified atom stereocenters. The fourth-order valence-corrected chi connectivity index (χ4v) is 2.71. The van der Waals surface area contributed by atoms with E-state index < -0.39 is 5.82 Å². The molecule has 2 aromatic carbocycles. The Hall–Kier alpha value is -1.82. The second-order valence-corrected chi connectivity index (χ2v) is 6.22. The first-order valence-corrected chi connectivity index (χ1v) is 8.55. The van der Waals surface area contributed by atoms with Gasteiger partial charge in [0, 0.05) is 11.1 Å². The van der Waals surface area contributed by atoms with Gasteiger partial charge in [0.15, 0.2) is 0 Å². The lowest BCUT2D eigenvalue weighted by Crippen LogP contribution is -2.37. The van der Waals surface area contributed by atoms with Crippen molar-refractivity contribution < 1.29 is 13.9 Å². The van der Waals surface area contributed by atoms with Gasteiger partial charge in [0.05, 0.1) is 18.1 Å². The van der Waals surface area contributed by atoms with Crippen LogP contribution in [0.25, 0.3) is 0 Å². The van der Waals surface area contributed by atoms with Crippen molar-refractivity contribution in [2.45, 2.75) is 13.0 Å². The number of hydrogen-bond donors (Lipinski definition) is 2. The largest absolute Gasteiger partial charge is 0.492 e. The Morgan fingerprint density at radius 3 is 2.64 bits per heavy atom. The van der Waals surface area contributed by atoms with Crippen LogP contribution in [0.1, 0.15) is 18.5 Å². The summed E-state index contributed by atoms with van der Waals surface area (Å²) in [6, 6.07) is 11.7. The van der Waals surface area contributed by atoms with Gasteiger partial charge in [0.1, 0.15) is 18.2 Å². The van der Waals surface area contributed by atoms with Gasteiger partial charge in [0.25, 0.3) is 0 Å². The molecular formula is C18H19Cl2FN2O2. The fraction of sp³-hybridized carbons (Fsp3) is 0.278. The minimum atomic E-state index is -0.544. The molecule has 4 nitrogen and oxygen atoms in total. The molecule has 2 aromatic rings. The highest BCUT2D eigenvalue weighted by Gasteiger charge is 2.14. The lowest BCUT2D eigenvalue weighted by atomic mass is 10.1. The highest BCUT2D eigenvalue weighted by Crippen LogP contribution is 2.28. The highest BCUT2D eigenvalue weighted by molar-refractivity contribution is 6.35. The molecule has 25 heavy (non-hydrogen) atoms. The maximum atomic E-state index is 13.6. The molecule has 0 saturated carbocycles. The number of ether oxygens (including phenoxy) is 1. The van der Waals surface area contributed by atoms with Crippen molar-refractivity contribution in [3.05, 3.63) is 63.9 Å². The van der Waals surface area contributed by atoms with E-state index in [1.807, 2.05) is 30.3 Å². The van der Waals surface area contributed by atoms with Crippen LogP contribution in [0.15, 0.2) is 42.5 Å². The van der Waals surface area contributed by atoms with Crippen LogP contribution in [0.5, 0.6) is 5.75 Å². The highest BCUT2D eigenvalue weighted by atomic mass is 35.5. The lowest BCUT2D eigenvalue weighted by Gasteiger charge is -2.16. The van der Waals surface area contributed by atoms with E-state index in [2.05, 4.69) is 10.6 Å². The van der Waals surface area contributed by atoms with E-state index in [4.69, 9.17) is 27.9 Å². The van der Waals surface area contributed by atoms with E-state index in [1.54, 1.807) is 6.92 Å². The molecule has 0 radical (unpaired) electrons. The molecule has 0 aliphatic carbocycles. The van der Waals surface area contributed by atoms with E-state index in [0.29, 0.717) is 23.7 Å². The van der Waals surface area contributed by atoms with Gasteiger partial charge in [0.2, 0.25) is 5.91 Å². The lowest BCUT2D eigenvalue weighted by molar-refractivity contribution is -0.120. The third-order valence-electron chi connectivity index (χ3n) is 3.51. The van der Waals surface area contributed by atoms with Crippen LogP contribution in [-0.2, 0) is 4.79 Å². The molecule has 0 aliphatic heterocycles. The summed E-state index contributed by atoms with van der Waals surface area (Å²) in [5.41, 5.74) is 0.545. The average Bonchev–Trinajstić information content (AvgIpc) is 2.60. The average molecular weight is 385 g/mol. The van der Waals surface area contributed by atoms with Crippen LogP contribution >= 0.6 is 23.2 Å². The summed E-state index contributed by atoms with van der Waals surface area (Å²) in [5.74, 6) is 0.0224. The molecule has 134 valence electrons. The number of halogens is 3. The van der Waals surface area contributed by atoms with Crippen LogP contribution in [0, 0.1) is 5.82 Å². The summed E-state index contributed by atoms with van der Waals surface area (Å²) in [6.07, 6.45) is 0. The number of rotatable bonds is 8. The van der Waals surface area contributed by atoms with Gasteiger partial charge >= 0.3 is 0 Å². The summed E-state index contributed by atoms with van der Waals surface area (Å²) in [7, 11) is 0. The van der Waals surface area contributed by atoms with Crippen LogP contribution in [0.4, 0.5) is 4.39 Å². The second kappa shape index (κ2) is 9.61. The van der Waals surface area contributed by atoms with Gasteiger partial charge < -0.3 is 15.4 Å². The first-order chi connectivity index (χ1) is 12.0. The van der Waals surface area contributed by atoms with Gasteiger partial charge in [-0.25, -0.2) is 4.39 Å². The number of carbonyl (C=O) groups is 1. The quantitative estimate of drug-likeness (QED) is 0.534. The van der Waals surface area contributed by atoms with Crippen molar-refractivity contribution in [1.82, 2.24) is 10.6 Å². The van der Waals surface area contributed by atoms with E-state index in [-0.39, 0.29) is 23.5 Å². The molecule has 7 heteroatoms. The standard InChI is InChI=1S/C18H19Cl2FN2O2/c1-12(14-9-17(21)16(20)10-15(14)19)23-11-18(24)22-7-8-25-13-5-3-2-4-6-13/h2-6,9-10,12,23H,7-8,11H2,1H3,(H,22,24)/t12-/m0/s1. The summed E-state index contributed by atoms with van der Waals surface area (Å²) in [4.78, 5) is 11.8. The van der Waals surface area contributed by atoms with Crippen molar-refractivity contribution >= 4 is 29.1 Å².